The first-order valence-corrected chi connectivity index (χ1v) is 5.47. The Balaban J connectivity index is 0.000000606. The maximum atomic E-state index is 11.2. The van der Waals surface area contributed by atoms with E-state index in [0.29, 0.717) is 13.0 Å². The first kappa shape index (κ1) is 12.5. The van der Waals surface area contributed by atoms with Crippen LogP contribution in [0.15, 0.2) is 0 Å². The number of aromatic amines is 1. The molecule has 1 atom stereocenters. The summed E-state index contributed by atoms with van der Waals surface area (Å²) < 4.78 is 10.1. The molecule has 1 aliphatic heterocycles. The van der Waals surface area contributed by atoms with Crippen molar-refractivity contribution in [1.82, 2.24) is 10.2 Å². The Morgan fingerprint density at radius 1 is 1.56 bits per heavy atom. The lowest BCUT2D eigenvalue weighted by atomic mass is 10.0. The molecular weight excluding hydrogens is 208 g/mol. The second kappa shape index (κ2) is 5.53. The van der Waals surface area contributed by atoms with E-state index in [9.17, 15) is 4.79 Å². The van der Waals surface area contributed by atoms with E-state index in [1.165, 1.54) is 7.11 Å². The smallest absolute Gasteiger partial charge is 0.312 e. The van der Waals surface area contributed by atoms with Crippen molar-refractivity contribution >= 4 is 5.97 Å². The zero-order chi connectivity index (χ0) is 12.1. The molecule has 2 rings (SSSR count). The summed E-state index contributed by atoms with van der Waals surface area (Å²) in [5.74, 6) is 0.316. The van der Waals surface area contributed by atoms with E-state index in [1.807, 2.05) is 20.8 Å². The Bertz CT molecular complexity index is 360. The van der Waals surface area contributed by atoms with Crippen LogP contribution in [-0.2, 0) is 16.0 Å². The lowest BCUT2D eigenvalue weighted by Gasteiger charge is -2.20. The first-order valence-electron chi connectivity index (χ1n) is 5.47. The summed E-state index contributed by atoms with van der Waals surface area (Å²) in [5.41, 5.74) is 1.72. The van der Waals surface area contributed by atoms with Gasteiger partial charge in [0, 0.05) is 6.42 Å². The van der Waals surface area contributed by atoms with Crippen LogP contribution >= 0.6 is 0 Å². The van der Waals surface area contributed by atoms with Crippen molar-refractivity contribution < 1.29 is 14.3 Å². The highest BCUT2D eigenvalue weighted by molar-refractivity contribution is 5.73. The van der Waals surface area contributed by atoms with Crippen LogP contribution in [-0.4, -0.2) is 29.9 Å². The quantitative estimate of drug-likeness (QED) is 0.736. The molecule has 0 saturated carbocycles. The number of ether oxygens (including phenoxy) is 2. The number of nitrogens with one attached hydrogen (secondary N) is 1. The maximum Gasteiger partial charge on any atom is 0.312 e. The molecule has 0 amide bonds. The highest BCUT2D eigenvalue weighted by atomic mass is 16.5. The van der Waals surface area contributed by atoms with Crippen molar-refractivity contribution in [3.63, 3.8) is 0 Å². The minimum atomic E-state index is -0.240. The molecule has 0 saturated heterocycles. The van der Waals surface area contributed by atoms with Gasteiger partial charge in [0.1, 0.15) is 12.3 Å². The average Bonchev–Trinajstić information content (AvgIpc) is 2.72. The summed E-state index contributed by atoms with van der Waals surface area (Å²) >= 11 is 0. The Labute approximate surface area is 95.1 Å². The number of carbonyl (C=O) groups excluding carboxylic acids is 1. The molecule has 1 aromatic rings. The number of esters is 1. The number of aryl methyl sites for hydroxylation is 1. The molecular formula is C11H18N2O3. The third kappa shape index (κ3) is 2.35. The fraction of sp³-hybridized carbons (Fsp3) is 0.636. The van der Waals surface area contributed by atoms with Gasteiger partial charge in [0.15, 0.2) is 5.75 Å². The molecule has 1 N–H and O–H groups in total. The molecule has 0 aromatic carbocycles. The zero-order valence-corrected chi connectivity index (χ0v) is 10.2. The van der Waals surface area contributed by atoms with Crippen LogP contribution in [0, 0.1) is 12.8 Å². The molecule has 5 nitrogen and oxygen atoms in total. The van der Waals surface area contributed by atoms with E-state index >= 15 is 0 Å². The van der Waals surface area contributed by atoms with Crippen LogP contribution in [0.25, 0.3) is 0 Å². The van der Waals surface area contributed by atoms with Gasteiger partial charge in [0.25, 0.3) is 0 Å². The predicted octanol–water partition coefficient (Wildman–Crippen LogP) is 1.47. The summed E-state index contributed by atoms with van der Waals surface area (Å²) in [7, 11) is 1.38. The second-order valence-electron chi connectivity index (χ2n) is 3.36. The van der Waals surface area contributed by atoms with E-state index in [4.69, 9.17) is 4.74 Å². The third-order valence-electron chi connectivity index (χ3n) is 2.36. The number of methoxy groups -OCH3 is 1. The van der Waals surface area contributed by atoms with Gasteiger partial charge in [-0.25, -0.2) is 0 Å². The fourth-order valence-corrected chi connectivity index (χ4v) is 1.59. The standard InChI is InChI=1S/C9H12N2O3.C2H6/c1-5-8-7(11-10-5)3-6(4-14-8)9(12)13-2;1-2/h6H,3-4H2,1-2H3,(H,10,11);1-2H3. The van der Waals surface area contributed by atoms with Gasteiger partial charge in [-0.15, -0.1) is 0 Å². The van der Waals surface area contributed by atoms with Crippen molar-refractivity contribution in [2.75, 3.05) is 13.7 Å². The highest BCUT2D eigenvalue weighted by Gasteiger charge is 2.29. The lowest BCUT2D eigenvalue weighted by Crippen LogP contribution is -2.29. The Hall–Kier alpha value is -1.52. The van der Waals surface area contributed by atoms with Gasteiger partial charge >= 0.3 is 5.97 Å². The van der Waals surface area contributed by atoms with E-state index in [-0.39, 0.29) is 11.9 Å². The van der Waals surface area contributed by atoms with Crippen LogP contribution in [0.3, 0.4) is 0 Å². The van der Waals surface area contributed by atoms with E-state index in [1.54, 1.807) is 0 Å². The SMILES string of the molecule is CC.COC(=O)C1COc2c(n[nH]c2C)C1. The van der Waals surface area contributed by atoms with Crippen molar-refractivity contribution in [2.24, 2.45) is 5.92 Å². The average molecular weight is 226 g/mol. The Morgan fingerprint density at radius 2 is 2.25 bits per heavy atom. The van der Waals surface area contributed by atoms with Crippen molar-refractivity contribution in [2.45, 2.75) is 27.2 Å². The first-order chi connectivity index (χ1) is 7.72. The molecule has 5 heteroatoms. The summed E-state index contributed by atoms with van der Waals surface area (Å²) in [6, 6.07) is 0. The topological polar surface area (TPSA) is 64.2 Å². The summed E-state index contributed by atoms with van der Waals surface area (Å²) in [6.45, 7) is 6.27. The number of hydrogen-bond acceptors (Lipinski definition) is 4. The largest absolute Gasteiger partial charge is 0.489 e. The molecule has 1 unspecified atom stereocenters. The van der Waals surface area contributed by atoms with Crippen LogP contribution in [0.1, 0.15) is 25.2 Å². The van der Waals surface area contributed by atoms with Gasteiger partial charge in [-0.1, -0.05) is 13.8 Å². The van der Waals surface area contributed by atoms with Crippen molar-refractivity contribution in [3.8, 4) is 5.75 Å². The molecule has 2 heterocycles. The molecule has 1 aliphatic rings. The normalized spacial score (nSPS) is 17.6. The van der Waals surface area contributed by atoms with Crippen molar-refractivity contribution in [1.29, 1.82) is 0 Å². The molecule has 0 bridgehead atoms. The summed E-state index contributed by atoms with van der Waals surface area (Å²) in [6.07, 6.45) is 0.590. The van der Waals surface area contributed by atoms with Gasteiger partial charge in [0.2, 0.25) is 0 Å². The minimum Gasteiger partial charge on any atom is -0.489 e. The van der Waals surface area contributed by atoms with Gasteiger partial charge in [-0.2, -0.15) is 5.10 Å². The highest BCUT2D eigenvalue weighted by Crippen LogP contribution is 2.28. The number of carbonyl (C=O) groups is 1. The zero-order valence-electron chi connectivity index (χ0n) is 10.2. The van der Waals surface area contributed by atoms with Crippen LogP contribution < -0.4 is 4.74 Å². The molecule has 0 aliphatic carbocycles. The third-order valence-corrected chi connectivity index (χ3v) is 2.36. The number of nitrogens with zero attached hydrogens (tertiary/aromatic N) is 1. The molecule has 0 spiro atoms. The fourth-order valence-electron chi connectivity index (χ4n) is 1.59. The number of H-pyrrole nitrogens is 1. The number of aromatic nitrogens is 2. The van der Waals surface area contributed by atoms with E-state index in [2.05, 4.69) is 14.9 Å². The van der Waals surface area contributed by atoms with Gasteiger partial charge in [-0.3, -0.25) is 9.89 Å². The minimum absolute atomic E-state index is 0.227. The molecule has 0 fully saturated rings. The van der Waals surface area contributed by atoms with Crippen LogP contribution in [0.2, 0.25) is 0 Å². The monoisotopic (exact) mass is 226 g/mol. The van der Waals surface area contributed by atoms with Gasteiger partial charge in [0.05, 0.1) is 18.7 Å². The number of hydrogen-bond donors (Lipinski definition) is 1. The maximum absolute atomic E-state index is 11.2. The summed E-state index contributed by atoms with van der Waals surface area (Å²) in [5, 5.41) is 6.89. The van der Waals surface area contributed by atoms with Gasteiger partial charge < -0.3 is 9.47 Å². The number of rotatable bonds is 1. The molecule has 1 aromatic heterocycles. The van der Waals surface area contributed by atoms with E-state index in [0.717, 1.165) is 17.1 Å². The van der Waals surface area contributed by atoms with Crippen LogP contribution in [0.4, 0.5) is 0 Å². The molecule has 0 radical (unpaired) electrons. The van der Waals surface area contributed by atoms with Crippen molar-refractivity contribution in [3.05, 3.63) is 11.4 Å². The predicted molar refractivity (Wildman–Crippen MR) is 59.4 cm³/mol. The number of fused-ring (bicyclic) bond motifs is 1. The van der Waals surface area contributed by atoms with Gasteiger partial charge in [-0.05, 0) is 6.92 Å². The Morgan fingerprint density at radius 3 is 2.88 bits per heavy atom. The molecule has 16 heavy (non-hydrogen) atoms. The van der Waals surface area contributed by atoms with E-state index < -0.39 is 0 Å². The lowest BCUT2D eigenvalue weighted by molar-refractivity contribution is -0.146. The second-order valence-corrected chi connectivity index (χ2v) is 3.36. The molecule has 90 valence electrons. The Kier molecular flexibility index (Phi) is 4.34. The summed E-state index contributed by atoms with van der Waals surface area (Å²) in [4.78, 5) is 11.2. The van der Waals surface area contributed by atoms with Crippen LogP contribution in [0.5, 0.6) is 5.75 Å².